The first kappa shape index (κ1) is 15.7. The Labute approximate surface area is 146 Å². The smallest absolute Gasteiger partial charge is 0.254 e. The second kappa shape index (κ2) is 6.58. The molecule has 0 amide bonds. The van der Waals surface area contributed by atoms with Crippen molar-refractivity contribution < 1.29 is 4.74 Å². The zero-order chi connectivity index (χ0) is 17.2. The molecular formula is C18H22N6O. The van der Waals surface area contributed by atoms with Crippen molar-refractivity contribution in [1.29, 1.82) is 0 Å². The predicted octanol–water partition coefficient (Wildman–Crippen LogP) is 2.38. The summed E-state index contributed by atoms with van der Waals surface area (Å²) >= 11 is 0. The van der Waals surface area contributed by atoms with Gasteiger partial charge in [-0.2, -0.15) is 14.6 Å². The van der Waals surface area contributed by atoms with E-state index in [1.54, 1.807) is 11.6 Å². The number of hydrogen-bond acceptors (Lipinski definition) is 6. The average molecular weight is 338 g/mol. The van der Waals surface area contributed by atoms with Gasteiger partial charge < -0.3 is 15.0 Å². The Morgan fingerprint density at radius 3 is 3.12 bits per heavy atom. The number of hydrogen-bond donors (Lipinski definition) is 1. The minimum atomic E-state index is 0.582. The van der Waals surface area contributed by atoms with Gasteiger partial charge in [-0.1, -0.05) is 6.07 Å². The van der Waals surface area contributed by atoms with Crippen molar-refractivity contribution in [2.75, 3.05) is 37.0 Å². The number of methoxy groups -OCH3 is 1. The van der Waals surface area contributed by atoms with Crippen molar-refractivity contribution >= 4 is 17.3 Å². The van der Waals surface area contributed by atoms with E-state index in [1.807, 2.05) is 25.1 Å². The highest BCUT2D eigenvalue weighted by atomic mass is 16.5. The third-order valence-electron chi connectivity index (χ3n) is 4.66. The summed E-state index contributed by atoms with van der Waals surface area (Å²) in [6.07, 6.45) is 2.70. The molecule has 1 atom stereocenters. The molecule has 3 heterocycles. The van der Waals surface area contributed by atoms with Crippen LogP contribution in [-0.2, 0) is 0 Å². The summed E-state index contributed by atoms with van der Waals surface area (Å²) in [6.45, 7) is 4.97. The summed E-state index contributed by atoms with van der Waals surface area (Å²) in [7, 11) is 1.71. The second-order valence-corrected chi connectivity index (χ2v) is 6.44. The van der Waals surface area contributed by atoms with Crippen molar-refractivity contribution in [1.82, 2.24) is 19.6 Å². The number of anilines is 2. The van der Waals surface area contributed by atoms with E-state index >= 15 is 0 Å². The Hall–Kier alpha value is -2.83. The van der Waals surface area contributed by atoms with Crippen molar-refractivity contribution in [2.24, 2.45) is 5.92 Å². The molecule has 0 radical (unpaired) electrons. The quantitative estimate of drug-likeness (QED) is 0.770. The predicted molar refractivity (Wildman–Crippen MR) is 97.3 cm³/mol. The number of benzene rings is 1. The monoisotopic (exact) mass is 338 g/mol. The van der Waals surface area contributed by atoms with Gasteiger partial charge in [-0.05, 0) is 31.4 Å². The van der Waals surface area contributed by atoms with Gasteiger partial charge in [0.1, 0.15) is 17.9 Å². The molecule has 3 aromatic rings. The van der Waals surface area contributed by atoms with Crippen LogP contribution in [0.25, 0.3) is 5.78 Å². The molecule has 7 nitrogen and oxygen atoms in total. The number of nitrogens with one attached hydrogen (secondary N) is 1. The average Bonchev–Trinajstić information content (AvgIpc) is 3.29. The van der Waals surface area contributed by atoms with Crippen LogP contribution >= 0.6 is 0 Å². The van der Waals surface area contributed by atoms with Crippen molar-refractivity contribution in [2.45, 2.75) is 13.3 Å². The molecule has 4 rings (SSSR count). The Kier molecular flexibility index (Phi) is 4.13. The summed E-state index contributed by atoms with van der Waals surface area (Å²) in [4.78, 5) is 11.0. The van der Waals surface area contributed by atoms with Crippen LogP contribution in [0.4, 0.5) is 11.5 Å². The van der Waals surface area contributed by atoms with Gasteiger partial charge in [-0.15, -0.1) is 0 Å². The van der Waals surface area contributed by atoms with Gasteiger partial charge in [-0.25, -0.2) is 4.98 Å². The number of fused-ring (bicyclic) bond motifs is 1. The normalized spacial score (nSPS) is 17.2. The van der Waals surface area contributed by atoms with Gasteiger partial charge in [-0.3, -0.25) is 0 Å². The molecule has 7 heteroatoms. The van der Waals surface area contributed by atoms with E-state index in [2.05, 4.69) is 37.4 Å². The van der Waals surface area contributed by atoms with E-state index in [-0.39, 0.29) is 0 Å². The van der Waals surface area contributed by atoms with E-state index in [1.165, 1.54) is 12.0 Å². The lowest BCUT2D eigenvalue weighted by molar-refractivity contribution is 0.415. The van der Waals surface area contributed by atoms with Crippen LogP contribution in [0.5, 0.6) is 5.75 Å². The Bertz CT molecular complexity index is 877. The van der Waals surface area contributed by atoms with Crippen LogP contribution in [0.15, 0.2) is 36.7 Å². The number of nitrogens with zero attached hydrogens (tertiary/aromatic N) is 5. The molecule has 2 aromatic heterocycles. The third kappa shape index (κ3) is 3.22. The van der Waals surface area contributed by atoms with Gasteiger partial charge in [0.05, 0.1) is 7.11 Å². The summed E-state index contributed by atoms with van der Waals surface area (Å²) in [5.41, 5.74) is 2.16. The highest BCUT2D eigenvalue weighted by Crippen LogP contribution is 2.27. The molecule has 1 saturated heterocycles. The largest absolute Gasteiger partial charge is 0.497 e. The van der Waals surface area contributed by atoms with Crippen molar-refractivity contribution in [3.8, 4) is 5.75 Å². The molecule has 0 spiro atoms. The van der Waals surface area contributed by atoms with Crippen LogP contribution in [0, 0.1) is 12.8 Å². The van der Waals surface area contributed by atoms with Gasteiger partial charge in [0.2, 0.25) is 0 Å². The lowest BCUT2D eigenvalue weighted by Crippen LogP contribution is -2.23. The van der Waals surface area contributed by atoms with Crippen molar-refractivity contribution in [3.05, 3.63) is 42.4 Å². The van der Waals surface area contributed by atoms with Gasteiger partial charge >= 0.3 is 0 Å². The third-order valence-corrected chi connectivity index (χ3v) is 4.66. The van der Waals surface area contributed by atoms with E-state index in [0.717, 1.165) is 43.3 Å². The van der Waals surface area contributed by atoms with E-state index < -0.39 is 0 Å². The standard InChI is InChI=1S/C18H22N6O/c1-13-8-17(24-18(22-13)20-12-21-24)19-10-14-6-7-23(11-14)15-4-3-5-16(9-15)25-2/h3-5,8-9,12,14,19H,6-7,10-11H2,1-2H3/t14-/m1/s1. The maximum atomic E-state index is 5.33. The fraction of sp³-hybridized carbons (Fsp3) is 0.389. The first-order valence-corrected chi connectivity index (χ1v) is 8.53. The van der Waals surface area contributed by atoms with Crippen LogP contribution < -0.4 is 15.0 Å². The van der Waals surface area contributed by atoms with Gasteiger partial charge in [0, 0.05) is 43.1 Å². The summed E-state index contributed by atoms with van der Waals surface area (Å²) in [6, 6.07) is 10.3. The summed E-state index contributed by atoms with van der Waals surface area (Å²) in [5, 5.41) is 7.76. The molecule has 1 aliphatic heterocycles. The fourth-order valence-corrected chi connectivity index (χ4v) is 3.35. The lowest BCUT2D eigenvalue weighted by Gasteiger charge is -2.19. The van der Waals surface area contributed by atoms with E-state index in [4.69, 9.17) is 4.74 Å². The Balaban J connectivity index is 1.41. The van der Waals surface area contributed by atoms with Crippen LogP contribution in [0.3, 0.4) is 0 Å². The second-order valence-electron chi connectivity index (χ2n) is 6.44. The first-order valence-electron chi connectivity index (χ1n) is 8.53. The first-order chi connectivity index (χ1) is 12.2. The van der Waals surface area contributed by atoms with Crippen molar-refractivity contribution in [3.63, 3.8) is 0 Å². The fourth-order valence-electron chi connectivity index (χ4n) is 3.35. The Morgan fingerprint density at radius 1 is 1.32 bits per heavy atom. The topological polar surface area (TPSA) is 67.6 Å². The van der Waals surface area contributed by atoms with Gasteiger partial charge in [0.25, 0.3) is 5.78 Å². The van der Waals surface area contributed by atoms with E-state index in [9.17, 15) is 0 Å². The molecule has 1 aliphatic rings. The summed E-state index contributed by atoms with van der Waals surface area (Å²) < 4.78 is 7.08. The van der Waals surface area contributed by atoms with Crippen LogP contribution in [0.1, 0.15) is 12.1 Å². The maximum Gasteiger partial charge on any atom is 0.254 e. The van der Waals surface area contributed by atoms with E-state index in [0.29, 0.717) is 11.7 Å². The molecule has 1 N–H and O–H groups in total. The molecule has 0 unspecified atom stereocenters. The highest BCUT2D eigenvalue weighted by molar-refractivity contribution is 5.51. The molecule has 0 bridgehead atoms. The minimum Gasteiger partial charge on any atom is -0.497 e. The molecule has 25 heavy (non-hydrogen) atoms. The SMILES string of the molecule is COc1cccc(N2CC[C@H](CNc3cc(C)nc4ncnn34)C2)c1. The number of aryl methyl sites for hydroxylation is 1. The lowest BCUT2D eigenvalue weighted by atomic mass is 10.1. The number of rotatable bonds is 5. The molecule has 0 aliphatic carbocycles. The molecule has 130 valence electrons. The Morgan fingerprint density at radius 2 is 2.24 bits per heavy atom. The molecule has 0 saturated carbocycles. The number of aromatic nitrogens is 4. The van der Waals surface area contributed by atoms with Gasteiger partial charge in [0.15, 0.2) is 0 Å². The highest BCUT2D eigenvalue weighted by Gasteiger charge is 2.23. The minimum absolute atomic E-state index is 0.582. The molecular weight excluding hydrogens is 316 g/mol. The molecule has 1 aromatic carbocycles. The van der Waals surface area contributed by atoms with Crippen LogP contribution in [-0.4, -0.2) is 46.3 Å². The number of ether oxygens (including phenoxy) is 1. The zero-order valence-corrected chi connectivity index (χ0v) is 14.5. The van der Waals surface area contributed by atoms with Crippen LogP contribution in [0.2, 0.25) is 0 Å². The summed E-state index contributed by atoms with van der Waals surface area (Å²) in [5.74, 6) is 3.06. The molecule has 1 fully saturated rings. The maximum absolute atomic E-state index is 5.33. The zero-order valence-electron chi connectivity index (χ0n) is 14.5.